The van der Waals surface area contributed by atoms with Crippen molar-refractivity contribution in [1.82, 2.24) is 10.6 Å². The van der Waals surface area contributed by atoms with Gasteiger partial charge in [0.2, 0.25) is 0 Å². The third-order valence-electron chi connectivity index (χ3n) is 3.44. The zero-order valence-electron chi connectivity index (χ0n) is 12.7. The summed E-state index contributed by atoms with van der Waals surface area (Å²) in [6.45, 7) is 4.66. The van der Waals surface area contributed by atoms with Crippen molar-refractivity contribution in [3.05, 3.63) is 35.4 Å². The fourth-order valence-electron chi connectivity index (χ4n) is 2.14. The molecule has 5 nitrogen and oxygen atoms in total. The number of aryl methyl sites for hydroxylation is 1. The Morgan fingerprint density at radius 1 is 1.24 bits per heavy atom. The first-order chi connectivity index (χ1) is 10.0. The van der Waals surface area contributed by atoms with E-state index in [1.54, 1.807) is 0 Å². The number of carboxylic acids is 1. The second-order valence-electron chi connectivity index (χ2n) is 5.14. The fraction of sp³-hybridized carbons (Fsp3) is 0.500. The number of hydrogen-bond acceptors (Lipinski definition) is 2. The lowest BCUT2D eigenvalue weighted by molar-refractivity contribution is -0.141. The number of hydrogen-bond donors (Lipinski definition) is 3. The average molecular weight is 292 g/mol. The van der Waals surface area contributed by atoms with Gasteiger partial charge in [-0.2, -0.15) is 0 Å². The Kier molecular flexibility index (Phi) is 7.29. The highest BCUT2D eigenvalue weighted by atomic mass is 16.4. The maximum absolute atomic E-state index is 11.6. The van der Waals surface area contributed by atoms with Crippen LogP contribution in [-0.2, 0) is 11.2 Å². The van der Waals surface area contributed by atoms with Crippen molar-refractivity contribution in [1.29, 1.82) is 0 Å². The highest BCUT2D eigenvalue weighted by Gasteiger charge is 2.16. The molecule has 0 bridgehead atoms. The van der Waals surface area contributed by atoms with Gasteiger partial charge in [-0.05, 0) is 30.9 Å². The number of urea groups is 1. The highest BCUT2D eigenvalue weighted by Crippen LogP contribution is 2.07. The van der Waals surface area contributed by atoms with Gasteiger partial charge in [0.25, 0.3) is 0 Å². The van der Waals surface area contributed by atoms with Crippen molar-refractivity contribution in [2.24, 2.45) is 5.92 Å². The van der Waals surface area contributed by atoms with Crippen molar-refractivity contribution in [2.45, 2.75) is 33.1 Å². The number of rotatable bonds is 8. The van der Waals surface area contributed by atoms with Gasteiger partial charge in [0, 0.05) is 13.1 Å². The molecule has 116 valence electrons. The van der Waals surface area contributed by atoms with Crippen LogP contribution in [0.3, 0.4) is 0 Å². The van der Waals surface area contributed by atoms with E-state index in [0.29, 0.717) is 13.0 Å². The zero-order valence-corrected chi connectivity index (χ0v) is 12.7. The first-order valence-corrected chi connectivity index (χ1v) is 7.33. The van der Waals surface area contributed by atoms with Gasteiger partial charge in [-0.3, -0.25) is 4.79 Å². The summed E-state index contributed by atoms with van der Waals surface area (Å²) in [6, 6.07) is 7.73. The van der Waals surface area contributed by atoms with Crippen LogP contribution in [0.4, 0.5) is 4.79 Å². The first kappa shape index (κ1) is 17.0. The van der Waals surface area contributed by atoms with E-state index in [1.165, 1.54) is 11.1 Å². The summed E-state index contributed by atoms with van der Waals surface area (Å²) in [6.07, 6.45) is 2.11. The van der Waals surface area contributed by atoms with E-state index in [2.05, 4.69) is 10.6 Å². The summed E-state index contributed by atoms with van der Waals surface area (Å²) in [5, 5.41) is 14.4. The summed E-state index contributed by atoms with van der Waals surface area (Å²) in [4.78, 5) is 22.6. The summed E-state index contributed by atoms with van der Waals surface area (Å²) in [5.74, 6) is -1.38. The van der Waals surface area contributed by atoms with E-state index < -0.39 is 11.9 Å². The zero-order chi connectivity index (χ0) is 15.7. The Labute approximate surface area is 125 Å². The predicted molar refractivity (Wildman–Crippen MR) is 82.3 cm³/mol. The molecule has 0 aliphatic carbocycles. The minimum absolute atomic E-state index is 0.166. The standard InChI is InChI=1S/C16H24N2O3/c1-3-6-14(15(19)20)11-18-16(21)17-10-9-13-8-5-4-7-12(13)2/h4-5,7-8,14H,3,6,9-11H2,1-2H3,(H,19,20)(H2,17,18,21). The molecule has 1 rings (SSSR count). The third kappa shape index (κ3) is 6.29. The number of carbonyl (C=O) groups is 2. The molecule has 21 heavy (non-hydrogen) atoms. The molecule has 0 aliphatic rings. The molecule has 2 amide bonds. The van der Waals surface area contributed by atoms with Gasteiger partial charge in [0.1, 0.15) is 0 Å². The van der Waals surface area contributed by atoms with Crippen molar-refractivity contribution in [3.63, 3.8) is 0 Å². The normalized spacial score (nSPS) is 11.7. The van der Waals surface area contributed by atoms with Crippen molar-refractivity contribution < 1.29 is 14.7 Å². The number of nitrogens with one attached hydrogen (secondary N) is 2. The van der Waals surface area contributed by atoms with E-state index in [9.17, 15) is 9.59 Å². The molecule has 0 radical (unpaired) electrons. The van der Waals surface area contributed by atoms with Crippen molar-refractivity contribution in [3.8, 4) is 0 Å². The van der Waals surface area contributed by atoms with Gasteiger partial charge in [-0.1, -0.05) is 37.6 Å². The summed E-state index contributed by atoms with van der Waals surface area (Å²) >= 11 is 0. The summed E-state index contributed by atoms with van der Waals surface area (Å²) < 4.78 is 0. The highest BCUT2D eigenvalue weighted by molar-refractivity contribution is 5.75. The van der Waals surface area contributed by atoms with Crippen LogP contribution in [0.15, 0.2) is 24.3 Å². The third-order valence-corrected chi connectivity index (χ3v) is 3.44. The number of amides is 2. The molecule has 0 saturated heterocycles. The van der Waals surface area contributed by atoms with Gasteiger partial charge >= 0.3 is 12.0 Å². The maximum atomic E-state index is 11.6. The Morgan fingerprint density at radius 2 is 1.95 bits per heavy atom. The van der Waals surface area contributed by atoms with Gasteiger partial charge < -0.3 is 15.7 Å². The van der Waals surface area contributed by atoms with E-state index in [1.807, 2.05) is 38.1 Å². The van der Waals surface area contributed by atoms with Crippen LogP contribution in [-0.4, -0.2) is 30.2 Å². The predicted octanol–water partition coefficient (Wildman–Crippen LogP) is 2.34. The molecular weight excluding hydrogens is 268 g/mol. The van der Waals surface area contributed by atoms with Gasteiger partial charge in [-0.15, -0.1) is 0 Å². The van der Waals surface area contributed by atoms with Crippen LogP contribution in [0.25, 0.3) is 0 Å². The molecule has 0 spiro atoms. The molecule has 0 saturated carbocycles. The Balaban J connectivity index is 2.28. The van der Waals surface area contributed by atoms with Crippen molar-refractivity contribution >= 4 is 12.0 Å². The Morgan fingerprint density at radius 3 is 2.57 bits per heavy atom. The largest absolute Gasteiger partial charge is 0.481 e. The first-order valence-electron chi connectivity index (χ1n) is 7.33. The number of aliphatic carboxylic acids is 1. The lowest BCUT2D eigenvalue weighted by Gasteiger charge is -2.13. The SMILES string of the molecule is CCCC(CNC(=O)NCCc1ccccc1C)C(=O)O. The van der Waals surface area contributed by atoms with Crippen LogP contribution in [0.2, 0.25) is 0 Å². The van der Waals surface area contributed by atoms with Gasteiger partial charge in [0.15, 0.2) is 0 Å². The quantitative estimate of drug-likeness (QED) is 0.688. The minimum atomic E-state index is -0.864. The van der Waals surface area contributed by atoms with Crippen LogP contribution in [0.1, 0.15) is 30.9 Å². The van der Waals surface area contributed by atoms with Gasteiger partial charge in [0.05, 0.1) is 5.92 Å². The van der Waals surface area contributed by atoms with E-state index in [4.69, 9.17) is 5.11 Å². The molecule has 1 unspecified atom stereocenters. The number of carboxylic acid groups (broad SMARTS) is 1. The number of carbonyl (C=O) groups excluding carboxylic acids is 1. The molecule has 5 heteroatoms. The van der Waals surface area contributed by atoms with E-state index >= 15 is 0 Å². The number of benzene rings is 1. The molecule has 1 aromatic carbocycles. The van der Waals surface area contributed by atoms with Crippen LogP contribution in [0, 0.1) is 12.8 Å². The lowest BCUT2D eigenvalue weighted by atomic mass is 10.0. The molecule has 0 aliphatic heterocycles. The second-order valence-corrected chi connectivity index (χ2v) is 5.14. The van der Waals surface area contributed by atoms with Crippen molar-refractivity contribution in [2.75, 3.05) is 13.1 Å². The van der Waals surface area contributed by atoms with E-state index in [-0.39, 0.29) is 12.6 Å². The monoisotopic (exact) mass is 292 g/mol. The molecule has 0 fully saturated rings. The molecule has 3 N–H and O–H groups in total. The minimum Gasteiger partial charge on any atom is -0.481 e. The average Bonchev–Trinajstić information content (AvgIpc) is 2.45. The van der Waals surface area contributed by atoms with Crippen LogP contribution >= 0.6 is 0 Å². The van der Waals surface area contributed by atoms with Gasteiger partial charge in [-0.25, -0.2) is 4.79 Å². The molecule has 0 aromatic heterocycles. The summed E-state index contributed by atoms with van der Waals surface area (Å²) in [7, 11) is 0. The topological polar surface area (TPSA) is 78.4 Å². The van der Waals surface area contributed by atoms with Crippen LogP contribution in [0.5, 0.6) is 0 Å². The fourth-order valence-corrected chi connectivity index (χ4v) is 2.14. The second kappa shape index (κ2) is 9.00. The lowest BCUT2D eigenvalue weighted by Crippen LogP contribution is -2.40. The summed E-state index contributed by atoms with van der Waals surface area (Å²) in [5.41, 5.74) is 2.40. The maximum Gasteiger partial charge on any atom is 0.314 e. The smallest absolute Gasteiger partial charge is 0.314 e. The molecule has 1 atom stereocenters. The Hall–Kier alpha value is -2.04. The molecule has 0 heterocycles. The molecule has 1 aromatic rings. The Bertz CT molecular complexity index is 474. The van der Waals surface area contributed by atoms with Crippen LogP contribution < -0.4 is 10.6 Å². The van der Waals surface area contributed by atoms with E-state index in [0.717, 1.165) is 12.8 Å². The molecular formula is C16H24N2O3.